The molecule has 0 saturated heterocycles. The van der Waals surface area contributed by atoms with Gasteiger partial charge in [0, 0.05) is 11.5 Å². The Morgan fingerprint density at radius 1 is 1.00 bits per heavy atom. The molecule has 0 radical (unpaired) electrons. The first kappa shape index (κ1) is 15.7. The van der Waals surface area contributed by atoms with E-state index in [-0.39, 0.29) is 17.6 Å². The van der Waals surface area contributed by atoms with Crippen molar-refractivity contribution < 1.29 is 9.90 Å². The molecule has 118 valence electrons. The van der Waals surface area contributed by atoms with Crippen molar-refractivity contribution in [3.8, 4) is 0 Å². The third kappa shape index (κ3) is 3.77. The smallest absolute Gasteiger partial charge is 0.166 e. The molecule has 0 heterocycles. The molecule has 1 aliphatic carbocycles. The molecule has 3 atom stereocenters. The zero-order valence-electron chi connectivity index (χ0n) is 13.1. The van der Waals surface area contributed by atoms with Crippen LogP contribution in [0.4, 0.5) is 0 Å². The van der Waals surface area contributed by atoms with Crippen molar-refractivity contribution >= 4 is 5.78 Å². The minimum absolute atomic E-state index is 0.0385. The fourth-order valence-corrected chi connectivity index (χ4v) is 3.37. The summed E-state index contributed by atoms with van der Waals surface area (Å²) in [6, 6.07) is 19.1. The zero-order valence-corrected chi connectivity index (χ0v) is 13.1. The van der Waals surface area contributed by atoms with Gasteiger partial charge in [0.15, 0.2) is 5.78 Å². The normalized spacial score (nSPS) is 22.3. The van der Waals surface area contributed by atoms with Gasteiger partial charge in [0.2, 0.25) is 0 Å². The first-order chi connectivity index (χ1) is 11.3. The summed E-state index contributed by atoms with van der Waals surface area (Å²) in [6.45, 7) is 0. The molecule has 0 spiro atoms. The van der Waals surface area contributed by atoms with Gasteiger partial charge >= 0.3 is 0 Å². The zero-order chi connectivity index (χ0) is 16.1. The van der Waals surface area contributed by atoms with Crippen molar-refractivity contribution in [3.05, 3.63) is 83.9 Å². The molecule has 2 heteroatoms. The summed E-state index contributed by atoms with van der Waals surface area (Å²) >= 11 is 0. The molecule has 0 bridgehead atoms. The Morgan fingerprint density at radius 3 is 2.35 bits per heavy atom. The van der Waals surface area contributed by atoms with E-state index in [1.807, 2.05) is 72.8 Å². The highest BCUT2D eigenvalue weighted by Gasteiger charge is 2.31. The predicted molar refractivity (Wildman–Crippen MR) is 92.1 cm³/mol. The van der Waals surface area contributed by atoms with Crippen molar-refractivity contribution in [3.63, 3.8) is 0 Å². The molecule has 1 aliphatic rings. The summed E-state index contributed by atoms with van der Waals surface area (Å²) in [5.74, 6) is 0.490. The number of allylic oxidation sites excluding steroid dienone is 1. The number of benzene rings is 2. The van der Waals surface area contributed by atoms with Gasteiger partial charge in [-0.3, -0.25) is 4.79 Å². The van der Waals surface area contributed by atoms with E-state index >= 15 is 0 Å². The van der Waals surface area contributed by atoms with Crippen LogP contribution < -0.4 is 0 Å². The number of carbonyl (C=O) groups excluding carboxylic acids is 1. The van der Waals surface area contributed by atoms with Gasteiger partial charge in [-0.1, -0.05) is 79.2 Å². The van der Waals surface area contributed by atoms with Gasteiger partial charge in [-0.2, -0.15) is 0 Å². The molecule has 1 N–H and O–H groups in total. The molecule has 0 aliphatic heterocycles. The van der Waals surface area contributed by atoms with E-state index in [1.165, 1.54) is 0 Å². The number of hydrogen-bond donors (Lipinski definition) is 1. The van der Waals surface area contributed by atoms with Gasteiger partial charge in [-0.25, -0.2) is 0 Å². The lowest BCUT2D eigenvalue weighted by Crippen LogP contribution is -2.18. The summed E-state index contributed by atoms with van der Waals surface area (Å²) in [4.78, 5) is 12.7. The van der Waals surface area contributed by atoms with E-state index in [2.05, 4.69) is 0 Å². The lowest BCUT2D eigenvalue weighted by molar-refractivity contribution is 0.0904. The van der Waals surface area contributed by atoms with E-state index in [9.17, 15) is 9.90 Å². The minimum Gasteiger partial charge on any atom is -0.384 e. The van der Waals surface area contributed by atoms with E-state index in [0.29, 0.717) is 0 Å². The third-order valence-electron chi connectivity index (χ3n) is 4.65. The average molecular weight is 306 g/mol. The molecule has 1 saturated carbocycles. The quantitative estimate of drug-likeness (QED) is 0.648. The van der Waals surface area contributed by atoms with Crippen molar-refractivity contribution in [1.29, 1.82) is 0 Å². The maximum atomic E-state index is 12.7. The fourth-order valence-electron chi connectivity index (χ4n) is 3.37. The van der Waals surface area contributed by atoms with Crippen molar-refractivity contribution in [2.45, 2.75) is 25.4 Å². The minimum atomic E-state index is -0.607. The van der Waals surface area contributed by atoms with Gasteiger partial charge in [0.25, 0.3) is 0 Å². The number of carbonyl (C=O) groups is 1. The Labute approximate surface area is 137 Å². The Bertz CT molecular complexity index is 661. The lowest BCUT2D eigenvalue weighted by Gasteiger charge is -2.16. The van der Waals surface area contributed by atoms with E-state index in [1.54, 1.807) is 0 Å². The van der Waals surface area contributed by atoms with Crippen molar-refractivity contribution in [2.24, 2.45) is 11.8 Å². The van der Waals surface area contributed by atoms with Gasteiger partial charge < -0.3 is 5.11 Å². The summed E-state index contributed by atoms with van der Waals surface area (Å²) in [5.41, 5.74) is 1.68. The largest absolute Gasteiger partial charge is 0.384 e. The number of aliphatic hydroxyl groups excluding tert-OH is 1. The van der Waals surface area contributed by atoms with Gasteiger partial charge in [-0.05, 0) is 24.3 Å². The molecule has 2 aromatic carbocycles. The first-order valence-electron chi connectivity index (χ1n) is 8.26. The van der Waals surface area contributed by atoms with Gasteiger partial charge in [0.1, 0.15) is 0 Å². The topological polar surface area (TPSA) is 37.3 Å². The molecule has 1 fully saturated rings. The number of hydrogen-bond acceptors (Lipinski definition) is 2. The monoisotopic (exact) mass is 306 g/mol. The van der Waals surface area contributed by atoms with Crippen LogP contribution in [-0.4, -0.2) is 10.9 Å². The van der Waals surface area contributed by atoms with Crippen molar-refractivity contribution in [1.82, 2.24) is 0 Å². The van der Waals surface area contributed by atoms with Gasteiger partial charge in [-0.15, -0.1) is 0 Å². The van der Waals surface area contributed by atoms with E-state index in [0.717, 1.165) is 30.4 Å². The summed E-state index contributed by atoms with van der Waals surface area (Å²) in [5, 5.41) is 10.3. The van der Waals surface area contributed by atoms with Crippen LogP contribution in [0.25, 0.3) is 0 Å². The molecule has 2 nitrogen and oxygen atoms in total. The average Bonchev–Trinajstić information content (AvgIpc) is 3.09. The molecule has 0 amide bonds. The third-order valence-corrected chi connectivity index (χ3v) is 4.65. The Hall–Kier alpha value is -2.19. The highest BCUT2D eigenvalue weighted by atomic mass is 16.3. The molecule has 3 rings (SSSR count). The second-order valence-electron chi connectivity index (χ2n) is 6.17. The van der Waals surface area contributed by atoms with Crippen LogP contribution in [0.3, 0.4) is 0 Å². The molecule has 0 aromatic heterocycles. The Kier molecular flexibility index (Phi) is 5.04. The SMILES string of the molecule is O=C(c1ccccc1)[C@H]1CCC[C@@H]1/C=C/C(O)c1ccccc1. The van der Waals surface area contributed by atoms with Crippen LogP contribution in [-0.2, 0) is 0 Å². The number of ketones is 1. The first-order valence-corrected chi connectivity index (χ1v) is 8.26. The van der Waals surface area contributed by atoms with E-state index < -0.39 is 6.10 Å². The summed E-state index contributed by atoms with van der Waals surface area (Å²) < 4.78 is 0. The van der Waals surface area contributed by atoms with Crippen LogP contribution in [0.2, 0.25) is 0 Å². The van der Waals surface area contributed by atoms with Crippen LogP contribution in [0.1, 0.15) is 41.3 Å². The maximum Gasteiger partial charge on any atom is 0.166 e. The van der Waals surface area contributed by atoms with E-state index in [4.69, 9.17) is 0 Å². The Balaban J connectivity index is 1.70. The molecular formula is C21H22O2. The van der Waals surface area contributed by atoms with Gasteiger partial charge in [0.05, 0.1) is 6.10 Å². The molecule has 23 heavy (non-hydrogen) atoms. The summed E-state index contributed by atoms with van der Waals surface area (Å²) in [7, 11) is 0. The fraction of sp³-hybridized carbons (Fsp3) is 0.286. The highest BCUT2D eigenvalue weighted by molar-refractivity contribution is 5.98. The lowest BCUT2D eigenvalue weighted by atomic mass is 9.87. The predicted octanol–water partition coefficient (Wildman–Crippen LogP) is 4.58. The second-order valence-corrected chi connectivity index (χ2v) is 6.17. The van der Waals surface area contributed by atoms with Crippen LogP contribution >= 0.6 is 0 Å². The van der Waals surface area contributed by atoms with Crippen LogP contribution in [0.5, 0.6) is 0 Å². The Morgan fingerprint density at radius 2 is 1.65 bits per heavy atom. The number of rotatable bonds is 5. The highest BCUT2D eigenvalue weighted by Crippen LogP contribution is 2.35. The van der Waals surface area contributed by atoms with Crippen molar-refractivity contribution in [2.75, 3.05) is 0 Å². The summed E-state index contributed by atoms with van der Waals surface area (Å²) in [6.07, 6.45) is 6.28. The molecule has 1 unspecified atom stereocenters. The van der Waals surface area contributed by atoms with Crippen LogP contribution in [0, 0.1) is 11.8 Å². The molecular weight excluding hydrogens is 284 g/mol. The molecule has 2 aromatic rings. The number of aliphatic hydroxyl groups is 1. The van der Waals surface area contributed by atoms with Crippen LogP contribution in [0.15, 0.2) is 72.8 Å². The standard InChI is InChI=1S/C21H22O2/c22-20(17-8-3-1-4-9-17)15-14-16-12-7-13-19(16)21(23)18-10-5-2-6-11-18/h1-6,8-11,14-16,19-20,22H,7,12-13H2/b15-14+/t16-,19+,20?/m1/s1. The number of Topliss-reactive ketones (excluding diaryl/α,β-unsaturated/α-hetero) is 1. The second kappa shape index (κ2) is 7.38. The maximum absolute atomic E-state index is 12.7.